The summed E-state index contributed by atoms with van der Waals surface area (Å²) in [6.07, 6.45) is 1.80. The summed E-state index contributed by atoms with van der Waals surface area (Å²) in [5.74, 6) is -0.434. The van der Waals surface area contributed by atoms with Crippen molar-refractivity contribution in [3.8, 4) is 0 Å². The number of amides is 1. The number of fused-ring (bicyclic) bond motifs is 1. The molecule has 2 aromatic heterocycles. The lowest BCUT2D eigenvalue weighted by atomic mass is 10.1. The Bertz CT molecular complexity index is 915. The first-order valence-electron chi connectivity index (χ1n) is 8.05. The zero-order chi connectivity index (χ0) is 18.0. The van der Waals surface area contributed by atoms with E-state index in [2.05, 4.69) is 31.5 Å². The summed E-state index contributed by atoms with van der Waals surface area (Å²) in [7, 11) is 4.01. The number of anilines is 1. The number of benzene rings is 1. The third-order valence-corrected chi connectivity index (χ3v) is 4.02. The van der Waals surface area contributed by atoms with Crippen LogP contribution in [0.15, 0.2) is 30.5 Å². The summed E-state index contributed by atoms with van der Waals surface area (Å²) in [6.45, 7) is 3.33. The molecular formula is C18H22N6O. The van der Waals surface area contributed by atoms with Gasteiger partial charge in [-0.1, -0.05) is 6.07 Å². The molecule has 1 amide bonds. The number of pyridine rings is 1. The highest BCUT2D eigenvalue weighted by molar-refractivity contribution is 5.94. The van der Waals surface area contributed by atoms with Crippen molar-refractivity contribution in [2.24, 2.45) is 5.73 Å². The second-order valence-electron chi connectivity index (χ2n) is 6.39. The van der Waals surface area contributed by atoms with Crippen LogP contribution < -0.4 is 11.1 Å². The van der Waals surface area contributed by atoms with Gasteiger partial charge in [0, 0.05) is 41.6 Å². The van der Waals surface area contributed by atoms with E-state index in [0.717, 1.165) is 34.4 Å². The topological polar surface area (TPSA) is 99.9 Å². The van der Waals surface area contributed by atoms with Crippen molar-refractivity contribution in [1.29, 1.82) is 0 Å². The maximum atomic E-state index is 11.5. The molecule has 0 spiro atoms. The van der Waals surface area contributed by atoms with Crippen LogP contribution in [0.5, 0.6) is 0 Å². The first-order chi connectivity index (χ1) is 11.9. The lowest BCUT2D eigenvalue weighted by Gasteiger charge is -2.16. The molecule has 7 nitrogen and oxygen atoms in total. The molecule has 0 saturated heterocycles. The maximum absolute atomic E-state index is 11.5. The Balaban J connectivity index is 1.85. The molecule has 0 aliphatic heterocycles. The van der Waals surface area contributed by atoms with Gasteiger partial charge in [-0.25, -0.2) is 4.98 Å². The van der Waals surface area contributed by atoms with Crippen LogP contribution in [0.1, 0.15) is 27.2 Å². The molecule has 7 heteroatoms. The van der Waals surface area contributed by atoms with Crippen molar-refractivity contribution in [1.82, 2.24) is 20.1 Å². The molecule has 4 N–H and O–H groups in total. The lowest BCUT2D eigenvalue weighted by molar-refractivity contribution is 0.100. The summed E-state index contributed by atoms with van der Waals surface area (Å²) < 4.78 is 0. The fourth-order valence-corrected chi connectivity index (χ4v) is 2.73. The van der Waals surface area contributed by atoms with E-state index in [0.29, 0.717) is 17.8 Å². The van der Waals surface area contributed by atoms with Gasteiger partial charge < -0.3 is 16.0 Å². The number of rotatable bonds is 6. The van der Waals surface area contributed by atoms with E-state index < -0.39 is 5.91 Å². The van der Waals surface area contributed by atoms with Crippen LogP contribution in [0.4, 0.5) is 5.69 Å². The first-order valence-corrected chi connectivity index (χ1v) is 8.05. The van der Waals surface area contributed by atoms with Crippen LogP contribution in [-0.4, -0.2) is 40.1 Å². The van der Waals surface area contributed by atoms with Crippen LogP contribution in [0.25, 0.3) is 11.0 Å². The van der Waals surface area contributed by atoms with E-state index in [1.807, 2.05) is 27.1 Å². The predicted molar refractivity (Wildman–Crippen MR) is 98.3 cm³/mol. The maximum Gasteiger partial charge on any atom is 0.248 e. The van der Waals surface area contributed by atoms with Crippen molar-refractivity contribution in [2.45, 2.75) is 20.0 Å². The van der Waals surface area contributed by atoms with Crippen molar-refractivity contribution < 1.29 is 4.79 Å². The second kappa shape index (κ2) is 6.90. The fourth-order valence-electron chi connectivity index (χ4n) is 2.73. The van der Waals surface area contributed by atoms with Gasteiger partial charge in [-0.3, -0.25) is 9.89 Å². The minimum Gasteiger partial charge on any atom is -0.381 e. The molecule has 0 unspecified atom stereocenters. The summed E-state index contributed by atoms with van der Waals surface area (Å²) in [6, 6.07) is 7.56. The molecule has 3 rings (SSSR count). The number of carbonyl (C=O) groups is 1. The fraction of sp³-hybridized carbons (Fsp3) is 0.278. The van der Waals surface area contributed by atoms with Gasteiger partial charge in [0.15, 0.2) is 5.65 Å². The number of carbonyl (C=O) groups excluding carboxylic acids is 1. The molecule has 130 valence electrons. The molecule has 0 radical (unpaired) electrons. The Morgan fingerprint density at radius 3 is 2.84 bits per heavy atom. The number of primary amides is 1. The van der Waals surface area contributed by atoms with Crippen molar-refractivity contribution in [3.63, 3.8) is 0 Å². The smallest absolute Gasteiger partial charge is 0.248 e. The minimum absolute atomic E-state index is 0.434. The normalized spacial score (nSPS) is 11.2. The number of aromatic amines is 1. The monoisotopic (exact) mass is 338 g/mol. The number of nitrogens with zero attached hydrogens (tertiary/aromatic N) is 3. The van der Waals surface area contributed by atoms with Crippen LogP contribution >= 0.6 is 0 Å². The number of aromatic nitrogens is 3. The number of hydrogen-bond acceptors (Lipinski definition) is 5. The van der Waals surface area contributed by atoms with Gasteiger partial charge in [0.2, 0.25) is 5.91 Å². The molecule has 0 aliphatic rings. The van der Waals surface area contributed by atoms with Gasteiger partial charge in [0.1, 0.15) is 0 Å². The molecule has 3 aromatic rings. The zero-order valence-electron chi connectivity index (χ0n) is 14.6. The molecule has 0 atom stereocenters. The van der Waals surface area contributed by atoms with Gasteiger partial charge in [-0.15, -0.1) is 0 Å². The SMILES string of the molecule is Cc1[nH]nc2ncc(CNc3cc(C(N)=O)ccc3CN(C)C)cc12. The number of H-pyrrole nitrogens is 1. The van der Waals surface area contributed by atoms with Crippen LogP contribution in [-0.2, 0) is 13.1 Å². The van der Waals surface area contributed by atoms with Gasteiger partial charge in [0.05, 0.1) is 0 Å². The molecule has 0 bridgehead atoms. The summed E-state index contributed by atoms with van der Waals surface area (Å²) in [5.41, 5.74) is 10.6. The summed E-state index contributed by atoms with van der Waals surface area (Å²) in [5, 5.41) is 11.5. The van der Waals surface area contributed by atoms with Crippen molar-refractivity contribution in [3.05, 3.63) is 52.8 Å². The van der Waals surface area contributed by atoms with E-state index in [9.17, 15) is 4.79 Å². The lowest BCUT2D eigenvalue weighted by Crippen LogP contribution is -2.15. The summed E-state index contributed by atoms with van der Waals surface area (Å²) >= 11 is 0. The molecule has 1 aromatic carbocycles. The number of nitrogens with one attached hydrogen (secondary N) is 2. The van der Waals surface area contributed by atoms with E-state index in [-0.39, 0.29) is 0 Å². The van der Waals surface area contributed by atoms with E-state index in [1.54, 1.807) is 18.3 Å². The highest BCUT2D eigenvalue weighted by Crippen LogP contribution is 2.21. The molecule has 0 saturated carbocycles. The summed E-state index contributed by atoms with van der Waals surface area (Å²) in [4.78, 5) is 17.9. The Labute approximate surface area is 146 Å². The molecule has 2 heterocycles. The standard InChI is InChI=1S/C18H22N6O/c1-11-15-6-12(9-21-18(15)23-22-11)8-20-16-7-13(17(19)25)4-5-14(16)10-24(2)3/h4-7,9,20H,8,10H2,1-3H3,(H2,19,25)(H,21,22,23). The average Bonchev–Trinajstić information content (AvgIpc) is 2.94. The minimum atomic E-state index is -0.434. The number of hydrogen-bond donors (Lipinski definition) is 3. The Hall–Kier alpha value is -2.93. The highest BCUT2D eigenvalue weighted by Gasteiger charge is 2.09. The Morgan fingerprint density at radius 1 is 1.32 bits per heavy atom. The van der Waals surface area contributed by atoms with Gasteiger partial charge in [-0.05, 0) is 50.3 Å². The quantitative estimate of drug-likeness (QED) is 0.639. The van der Waals surface area contributed by atoms with Crippen LogP contribution in [0.2, 0.25) is 0 Å². The predicted octanol–water partition coefficient (Wildman–Crippen LogP) is 2.04. The first kappa shape index (κ1) is 16.9. The average molecular weight is 338 g/mol. The zero-order valence-corrected chi connectivity index (χ0v) is 14.6. The molecule has 0 aliphatic carbocycles. The number of aryl methyl sites for hydroxylation is 1. The molecule has 25 heavy (non-hydrogen) atoms. The van der Waals surface area contributed by atoms with Gasteiger partial charge in [-0.2, -0.15) is 5.10 Å². The van der Waals surface area contributed by atoms with E-state index in [4.69, 9.17) is 5.73 Å². The van der Waals surface area contributed by atoms with Crippen LogP contribution in [0, 0.1) is 6.92 Å². The Morgan fingerprint density at radius 2 is 2.12 bits per heavy atom. The molecular weight excluding hydrogens is 316 g/mol. The van der Waals surface area contributed by atoms with Crippen LogP contribution in [0.3, 0.4) is 0 Å². The molecule has 0 fully saturated rings. The Kier molecular flexibility index (Phi) is 4.67. The third-order valence-electron chi connectivity index (χ3n) is 4.02. The highest BCUT2D eigenvalue weighted by atomic mass is 16.1. The van der Waals surface area contributed by atoms with E-state index >= 15 is 0 Å². The third kappa shape index (κ3) is 3.77. The van der Waals surface area contributed by atoms with Gasteiger partial charge >= 0.3 is 0 Å². The largest absolute Gasteiger partial charge is 0.381 e. The number of nitrogens with two attached hydrogens (primary N) is 1. The van der Waals surface area contributed by atoms with E-state index in [1.165, 1.54) is 0 Å². The van der Waals surface area contributed by atoms with Crippen molar-refractivity contribution in [2.75, 3.05) is 19.4 Å². The van der Waals surface area contributed by atoms with Crippen molar-refractivity contribution >= 4 is 22.6 Å². The second-order valence-corrected chi connectivity index (χ2v) is 6.39. The van der Waals surface area contributed by atoms with Gasteiger partial charge in [0.25, 0.3) is 0 Å².